The maximum atomic E-state index is 13.5. The second-order valence-electron chi connectivity index (χ2n) is 10.3. The molecule has 0 spiro atoms. The van der Waals surface area contributed by atoms with Crippen molar-refractivity contribution in [3.8, 4) is 0 Å². The van der Waals surface area contributed by atoms with Crippen LogP contribution in [0.3, 0.4) is 0 Å². The molecule has 6 aliphatic rings. The molecule has 32 heavy (non-hydrogen) atoms. The molecular formula is C26H34N2O4. The van der Waals surface area contributed by atoms with Crippen LogP contribution in [-0.4, -0.2) is 47.5 Å². The van der Waals surface area contributed by atoms with Crippen LogP contribution in [-0.2, 0) is 9.47 Å². The standard InChI is InChI=1S/C26H34N2O4/c1-3-31-24(29)27-21-11-7-10-18(21)20-14-19-16-12-13-26(15-16,17-8-5-6-9-17)22(19)23(20)28(27)25(30)32-4-2/h8,12-13,16,19,21-23H,3-7,9-11,14-15H2,1-2H3/t16-,19-,21+,22+,23+,26+/m1/s1. The molecule has 0 aromatic heterocycles. The molecule has 0 radical (unpaired) electrons. The van der Waals surface area contributed by atoms with Gasteiger partial charge in [-0.2, -0.15) is 0 Å². The molecular weight excluding hydrogens is 404 g/mol. The second kappa shape index (κ2) is 7.39. The minimum absolute atomic E-state index is 0.0231. The van der Waals surface area contributed by atoms with Crippen molar-refractivity contribution in [1.29, 1.82) is 0 Å². The predicted molar refractivity (Wildman–Crippen MR) is 119 cm³/mol. The minimum Gasteiger partial charge on any atom is -0.448 e. The van der Waals surface area contributed by atoms with E-state index in [2.05, 4.69) is 18.2 Å². The van der Waals surface area contributed by atoms with Gasteiger partial charge in [-0.1, -0.05) is 23.8 Å². The summed E-state index contributed by atoms with van der Waals surface area (Å²) in [5.74, 6) is 1.42. The van der Waals surface area contributed by atoms with Crippen LogP contribution in [0.1, 0.15) is 65.2 Å². The highest BCUT2D eigenvalue weighted by Gasteiger charge is 2.66. The van der Waals surface area contributed by atoms with E-state index in [1.165, 1.54) is 17.6 Å². The molecule has 5 aliphatic carbocycles. The average Bonchev–Trinajstić information content (AvgIpc) is 3.58. The summed E-state index contributed by atoms with van der Waals surface area (Å²) in [4.78, 5) is 26.7. The van der Waals surface area contributed by atoms with Crippen LogP contribution < -0.4 is 0 Å². The number of hydrogen-bond donors (Lipinski definition) is 0. The van der Waals surface area contributed by atoms with Gasteiger partial charge in [0.05, 0.1) is 25.3 Å². The van der Waals surface area contributed by atoms with E-state index in [1.54, 1.807) is 15.6 Å². The van der Waals surface area contributed by atoms with Gasteiger partial charge < -0.3 is 9.47 Å². The molecule has 2 bridgehead atoms. The number of amides is 2. The molecule has 0 aromatic carbocycles. The van der Waals surface area contributed by atoms with Crippen molar-refractivity contribution in [1.82, 2.24) is 10.0 Å². The number of hydrogen-bond acceptors (Lipinski definition) is 4. The van der Waals surface area contributed by atoms with E-state index in [1.807, 2.05) is 13.8 Å². The Hall–Kier alpha value is -2.24. The third-order valence-corrected chi connectivity index (χ3v) is 9.05. The predicted octanol–water partition coefficient (Wildman–Crippen LogP) is 5.37. The maximum absolute atomic E-state index is 13.5. The molecule has 0 aromatic rings. The fourth-order valence-corrected chi connectivity index (χ4v) is 8.11. The van der Waals surface area contributed by atoms with E-state index in [-0.39, 0.29) is 17.5 Å². The number of carbonyl (C=O) groups excluding carboxylic acids is 2. The van der Waals surface area contributed by atoms with E-state index in [0.717, 1.165) is 44.9 Å². The molecule has 6 rings (SSSR count). The SMILES string of the molecule is CCOC(=O)N1[C@H]2CCCC2=C2C[C@H]3[C@@H]([C@H]2N1C(=O)OCC)[C@@]1(C2=CCCC2)C=C[C@@H]3C1. The summed E-state index contributed by atoms with van der Waals surface area (Å²) in [6.45, 7) is 4.24. The van der Waals surface area contributed by atoms with Gasteiger partial charge in [0.1, 0.15) is 0 Å². The zero-order valence-electron chi connectivity index (χ0n) is 19.2. The Kier molecular flexibility index (Phi) is 4.71. The average molecular weight is 439 g/mol. The van der Waals surface area contributed by atoms with Crippen molar-refractivity contribution in [3.63, 3.8) is 0 Å². The van der Waals surface area contributed by atoms with Crippen molar-refractivity contribution >= 4 is 12.2 Å². The van der Waals surface area contributed by atoms with Crippen LogP contribution >= 0.6 is 0 Å². The molecule has 3 fully saturated rings. The van der Waals surface area contributed by atoms with Crippen molar-refractivity contribution in [3.05, 3.63) is 34.9 Å². The number of nitrogens with zero attached hydrogens (tertiary/aromatic N) is 2. The summed E-state index contributed by atoms with van der Waals surface area (Å²) in [7, 11) is 0. The van der Waals surface area contributed by atoms with Crippen molar-refractivity contribution < 1.29 is 19.1 Å². The van der Waals surface area contributed by atoms with E-state index in [9.17, 15) is 9.59 Å². The summed E-state index contributed by atoms with van der Waals surface area (Å²) in [5, 5.41) is 3.35. The number of fused-ring (bicyclic) bond motifs is 8. The van der Waals surface area contributed by atoms with Crippen molar-refractivity contribution in [2.24, 2.45) is 23.2 Å². The normalized spacial score (nSPS) is 38.7. The molecule has 6 nitrogen and oxygen atoms in total. The molecule has 3 saturated carbocycles. The Morgan fingerprint density at radius 1 is 1.06 bits per heavy atom. The van der Waals surface area contributed by atoms with Crippen LogP contribution in [0.4, 0.5) is 9.59 Å². The quantitative estimate of drug-likeness (QED) is 0.556. The van der Waals surface area contributed by atoms with Gasteiger partial charge in [-0.3, -0.25) is 0 Å². The summed E-state index contributed by atoms with van der Waals surface area (Å²) < 4.78 is 11.1. The van der Waals surface area contributed by atoms with Crippen LogP contribution in [0.5, 0.6) is 0 Å². The highest BCUT2D eigenvalue weighted by molar-refractivity contribution is 5.77. The third kappa shape index (κ3) is 2.58. The van der Waals surface area contributed by atoms with Gasteiger partial charge in [0.2, 0.25) is 0 Å². The molecule has 1 aliphatic heterocycles. The molecule has 172 valence electrons. The Balaban J connectivity index is 1.50. The fraction of sp³-hybridized carbons (Fsp3) is 0.692. The number of allylic oxidation sites excluding steroid dienone is 4. The largest absolute Gasteiger partial charge is 0.448 e. The van der Waals surface area contributed by atoms with E-state index < -0.39 is 12.2 Å². The third-order valence-electron chi connectivity index (χ3n) is 9.05. The smallest absolute Gasteiger partial charge is 0.429 e. The molecule has 2 amide bonds. The lowest BCUT2D eigenvalue weighted by Gasteiger charge is -2.49. The van der Waals surface area contributed by atoms with E-state index >= 15 is 0 Å². The fourth-order valence-electron chi connectivity index (χ4n) is 8.11. The van der Waals surface area contributed by atoms with Crippen molar-refractivity contribution in [2.45, 2.75) is 77.3 Å². The van der Waals surface area contributed by atoms with E-state index in [0.29, 0.717) is 31.0 Å². The topological polar surface area (TPSA) is 59.1 Å². The zero-order chi connectivity index (χ0) is 22.0. The molecule has 6 atom stereocenters. The summed E-state index contributed by atoms with van der Waals surface area (Å²) >= 11 is 0. The van der Waals surface area contributed by atoms with Crippen LogP contribution in [0.15, 0.2) is 34.9 Å². The van der Waals surface area contributed by atoms with Gasteiger partial charge >= 0.3 is 12.2 Å². The van der Waals surface area contributed by atoms with Crippen LogP contribution in [0, 0.1) is 23.2 Å². The first-order chi connectivity index (χ1) is 15.6. The van der Waals surface area contributed by atoms with Gasteiger partial charge in [-0.15, -0.1) is 0 Å². The summed E-state index contributed by atoms with van der Waals surface area (Å²) in [6.07, 6.45) is 15.3. The van der Waals surface area contributed by atoms with Crippen LogP contribution in [0.25, 0.3) is 0 Å². The second-order valence-corrected chi connectivity index (χ2v) is 10.3. The molecule has 6 heteroatoms. The molecule has 0 saturated heterocycles. The minimum atomic E-state index is -0.416. The van der Waals surface area contributed by atoms with Crippen LogP contribution in [0.2, 0.25) is 0 Å². The number of rotatable bonds is 3. The summed E-state index contributed by atoms with van der Waals surface area (Å²) in [5.41, 5.74) is 4.41. The molecule has 0 N–H and O–H groups in total. The highest BCUT2D eigenvalue weighted by Crippen LogP contribution is 2.69. The van der Waals surface area contributed by atoms with E-state index in [4.69, 9.17) is 9.47 Å². The molecule has 1 heterocycles. The Morgan fingerprint density at radius 3 is 2.56 bits per heavy atom. The van der Waals surface area contributed by atoms with Gasteiger partial charge in [0.25, 0.3) is 0 Å². The zero-order valence-corrected chi connectivity index (χ0v) is 19.2. The number of ether oxygens (including phenoxy) is 2. The van der Waals surface area contributed by atoms with Gasteiger partial charge in [0.15, 0.2) is 0 Å². The maximum Gasteiger partial charge on any atom is 0.429 e. The first-order valence-corrected chi connectivity index (χ1v) is 12.6. The first-order valence-electron chi connectivity index (χ1n) is 12.6. The summed E-state index contributed by atoms with van der Waals surface area (Å²) in [6, 6.07) is -0.181. The van der Waals surface area contributed by atoms with Crippen molar-refractivity contribution in [2.75, 3.05) is 13.2 Å². The lowest BCUT2D eigenvalue weighted by Crippen LogP contribution is -2.63. The Bertz CT molecular complexity index is 936. The number of hydrazine groups is 1. The first kappa shape index (κ1) is 20.4. The molecule has 0 unspecified atom stereocenters. The van der Waals surface area contributed by atoms with Gasteiger partial charge in [-0.05, 0) is 88.2 Å². The monoisotopic (exact) mass is 438 g/mol. The lowest BCUT2D eigenvalue weighted by atomic mass is 9.67. The Morgan fingerprint density at radius 2 is 1.84 bits per heavy atom. The lowest BCUT2D eigenvalue weighted by molar-refractivity contribution is -0.0730. The van der Waals surface area contributed by atoms with Gasteiger partial charge in [0, 0.05) is 11.3 Å². The number of carbonyl (C=O) groups is 2. The highest BCUT2D eigenvalue weighted by atomic mass is 16.6. The Labute approximate surface area is 190 Å². The van der Waals surface area contributed by atoms with Gasteiger partial charge in [-0.25, -0.2) is 19.6 Å².